The molecule has 0 spiro atoms. The molecule has 0 aliphatic rings. The minimum absolute atomic E-state index is 0.250. The van der Waals surface area contributed by atoms with Gasteiger partial charge in [-0.25, -0.2) is 4.99 Å². The average Bonchev–Trinajstić information content (AvgIpc) is 2.79. The van der Waals surface area contributed by atoms with Crippen LogP contribution in [0.25, 0.3) is 0 Å². The number of thiophene rings is 1. The third-order valence-corrected chi connectivity index (χ3v) is 2.88. The molecule has 5 heteroatoms. The van der Waals surface area contributed by atoms with Crippen LogP contribution in [-0.4, -0.2) is 32.3 Å². The lowest BCUT2D eigenvalue weighted by atomic mass is 10.3. The van der Waals surface area contributed by atoms with E-state index >= 15 is 0 Å². The third kappa shape index (κ3) is 5.70. The molecule has 0 aliphatic carbocycles. The Kier molecular flexibility index (Phi) is 6.65. The fourth-order valence-corrected chi connectivity index (χ4v) is 2.06. The van der Waals surface area contributed by atoms with Crippen LogP contribution in [0, 0.1) is 0 Å². The molecule has 0 aliphatic heterocycles. The number of ether oxygens (including phenoxy) is 1. The number of aliphatic imine (C=N–C) groups is 1. The van der Waals surface area contributed by atoms with Crippen molar-refractivity contribution in [1.82, 2.24) is 10.6 Å². The zero-order chi connectivity index (χ0) is 12.5. The molecule has 0 radical (unpaired) electrons. The van der Waals surface area contributed by atoms with E-state index in [1.54, 1.807) is 18.4 Å². The summed E-state index contributed by atoms with van der Waals surface area (Å²) in [5.74, 6) is 0.836. The van der Waals surface area contributed by atoms with Crippen LogP contribution in [0.5, 0.6) is 0 Å². The van der Waals surface area contributed by atoms with Gasteiger partial charge in [-0.05, 0) is 36.2 Å². The van der Waals surface area contributed by atoms with E-state index in [-0.39, 0.29) is 6.04 Å². The van der Waals surface area contributed by atoms with Crippen LogP contribution in [0.2, 0.25) is 0 Å². The third-order valence-electron chi connectivity index (χ3n) is 2.14. The molecule has 17 heavy (non-hydrogen) atoms. The standard InChI is InChI=1S/C12H21N3OS/c1-4-13-12(15-10(2)8-16-3)14-7-11-5-6-17-9-11/h5-6,9-10H,4,7-8H2,1-3H3,(H2,13,14,15). The maximum absolute atomic E-state index is 5.09. The summed E-state index contributed by atoms with van der Waals surface area (Å²) in [7, 11) is 1.70. The number of rotatable bonds is 6. The molecule has 96 valence electrons. The highest BCUT2D eigenvalue weighted by Gasteiger charge is 2.04. The van der Waals surface area contributed by atoms with Gasteiger partial charge in [-0.3, -0.25) is 0 Å². The molecule has 1 rings (SSSR count). The lowest BCUT2D eigenvalue weighted by molar-refractivity contribution is 0.179. The van der Waals surface area contributed by atoms with Gasteiger partial charge in [0.2, 0.25) is 0 Å². The molecule has 0 aromatic carbocycles. The summed E-state index contributed by atoms with van der Waals surface area (Å²) < 4.78 is 5.09. The predicted molar refractivity (Wildman–Crippen MR) is 73.6 cm³/mol. The highest BCUT2D eigenvalue weighted by molar-refractivity contribution is 7.07. The van der Waals surface area contributed by atoms with Crippen molar-refractivity contribution in [3.8, 4) is 0 Å². The van der Waals surface area contributed by atoms with Crippen molar-refractivity contribution in [2.75, 3.05) is 20.3 Å². The van der Waals surface area contributed by atoms with Gasteiger partial charge >= 0.3 is 0 Å². The van der Waals surface area contributed by atoms with Crippen molar-refractivity contribution in [3.05, 3.63) is 22.4 Å². The Morgan fingerprint density at radius 3 is 3.00 bits per heavy atom. The van der Waals surface area contributed by atoms with Crippen LogP contribution in [0.15, 0.2) is 21.8 Å². The molecule has 4 nitrogen and oxygen atoms in total. The molecule has 0 fully saturated rings. The van der Waals surface area contributed by atoms with Crippen LogP contribution in [-0.2, 0) is 11.3 Å². The summed E-state index contributed by atoms with van der Waals surface area (Å²) in [5, 5.41) is 10.7. The highest BCUT2D eigenvalue weighted by Crippen LogP contribution is 2.06. The molecule has 1 atom stereocenters. The topological polar surface area (TPSA) is 45.7 Å². The summed E-state index contributed by atoms with van der Waals surface area (Å²) in [5.41, 5.74) is 1.24. The molecule has 0 saturated carbocycles. The van der Waals surface area contributed by atoms with Crippen molar-refractivity contribution < 1.29 is 4.74 Å². The van der Waals surface area contributed by atoms with Gasteiger partial charge in [-0.2, -0.15) is 11.3 Å². The summed E-state index contributed by atoms with van der Waals surface area (Å²) in [6.07, 6.45) is 0. The lowest BCUT2D eigenvalue weighted by Gasteiger charge is -2.16. The van der Waals surface area contributed by atoms with Crippen molar-refractivity contribution in [2.24, 2.45) is 4.99 Å². The molecular weight excluding hydrogens is 234 g/mol. The number of methoxy groups -OCH3 is 1. The van der Waals surface area contributed by atoms with Gasteiger partial charge in [0.1, 0.15) is 0 Å². The SMILES string of the molecule is CCNC(=NCc1ccsc1)NC(C)COC. The quantitative estimate of drug-likeness (QED) is 0.602. The van der Waals surface area contributed by atoms with Gasteiger partial charge in [0.25, 0.3) is 0 Å². The second-order valence-electron chi connectivity index (χ2n) is 3.83. The average molecular weight is 255 g/mol. The van der Waals surface area contributed by atoms with Crippen molar-refractivity contribution >= 4 is 17.3 Å². The van der Waals surface area contributed by atoms with Crippen LogP contribution < -0.4 is 10.6 Å². The Labute approximate surface area is 107 Å². The van der Waals surface area contributed by atoms with E-state index < -0.39 is 0 Å². The number of hydrogen-bond acceptors (Lipinski definition) is 3. The van der Waals surface area contributed by atoms with E-state index in [2.05, 4.69) is 46.3 Å². The summed E-state index contributed by atoms with van der Waals surface area (Å²) in [4.78, 5) is 4.52. The van der Waals surface area contributed by atoms with Crippen molar-refractivity contribution in [1.29, 1.82) is 0 Å². The molecule has 1 heterocycles. The summed E-state index contributed by atoms with van der Waals surface area (Å²) in [6, 6.07) is 2.34. The van der Waals surface area contributed by atoms with E-state index in [0.717, 1.165) is 12.5 Å². The second kappa shape index (κ2) is 8.08. The van der Waals surface area contributed by atoms with Crippen LogP contribution >= 0.6 is 11.3 Å². The van der Waals surface area contributed by atoms with Gasteiger partial charge in [0.15, 0.2) is 5.96 Å². The summed E-state index contributed by atoms with van der Waals surface area (Å²) in [6.45, 7) is 6.36. The Balaban J connectivity index is 2.48. The number of hydrogen-bond donors (Lipinski definition) is 2. The predicted octanol–water partition coefficient (Wildman–Crippen LogP) is 1.84. The summed E-state index contributed by atoms with van der Waals surface area (Å²) >= 11 is 1.70. The minimum atomic E-state index is 0.250. The molecule has 2 N–H and O–H groups in total. The number of guanidine groups is 1. The number of nitrogens with one attached hydrogen (secondary N) is 2. The van der Waals surface area contributed by atoms with Crippen LogP contribution in [0.3, 0.4) is 0 Å². The van der Waals surface area contributed by atoms with Gasteiger partial charge in [0.05, 0.1) is 13.2 Å². The monoisotopic (exact) mass is 255 g/mol. The fourth-order valence-electron chi connectivity index (χ4n) is 1.40. The normalized spacial score (nSPS) is 13.5. The van der Waals surface area contributed by atoms with E-state index in [4.69, 9.17) is 4.74 Å². The van der Waals surface area contributed by atoms with Gasteiger partial charge in [-0.15, -0.1) is 0 Å². The van der Waals surface area contributed by atoms with Crippen LogP contribution in [0.4, 0.5) is 0 Å². The second-order valence-corrected chi connectivity index (χ2v) is 4.61. The maximum atomic E-state index is 5.09. The molecule has 0 saturated heterocycles. The molecule has 0 amide bonds. The fraction of sp³-hybridized carbons (Fsp3) is 0.583. The Morgan fingerprint density at radius 2 is 2.41 bits per heavy atom. The maximum Gasteiger partial charge on any atom is 0.191 e. The molecule has 1 aromatic heterocycles. The smallest absolute Gasteiger partial charge is 0.191 e. The Hall–Kier alpha value is -1.07. The Bertz CT molecular complexity index is 325. The Morgan fingerprint density at radius 1 is 1.59 bits per heavy atom. The molecule has 0 bridgehead atoms. The lowest BCUT2D eigenvalue weighted by Crippen LogP contribution is -2.43. The first-order valence-corrected chi connectivity index (χ1v) is 6.75. The van der Waals surface area contributed by atoms with E-state index in [9.17, 15) is 0 Å². The van der Waals surface area contributed by atoms with Gasteiger partial charge in [0, 0.05) is 19.7 Å². The van der Waals surface area contributed by atoms with E-state index in [1.165, 1.54) is 5.56 Å². The zero-order valence-corrected chi connectivity index (χ0v) is 11.5. The van der Waals surface area contributed by atoms with Crippen molar-refractivity contribution in [3.63, 3.8) is 0 Å². The van der Waals surface area contributed by atoms with Gasteiger partial charge < -0.3 is 15.4 Å². The van der Waals surface area contributed by atoms with Crippen LogP contribution in [0.1, 0.15) is 19.4 Å². The van der Waals surface area contributed by atoms with E-state index in [1.807, 2.05) is 0 Å². The van der Waals surface area contributed by atoms with Crippen molar-refractivity contribution in [2.45, 2.75) is 26.4 Å². The minimum Gasteiger partial charge on any atom is -0.383 e. The first-order valence-electron chi connectivity index (χ1n) is 5.81. The molecular formula is C12H21N3OS. The first-order chi connectivity index (χ1) is 8.26. The van der Waals surface area contributed by atoms with E-state index in [0.29, 0.717) is 13.2 Å². The zero-order valence-electron chi connectivity index (χ0n) is 10.7. The molecule has 1 aromatic rings. The van der Waals surface area contributed by atoms with Gasteiger partial charge in [-0.1, -0.05) is 0 Å². The molecule has 1 unspecified atom stereocenters. The largest absolute Gasteiger partial charge is 0.383 e. The first kappa shape index (κ1) is 14.0. The highest BCUT2D eigenvalue weighted by atomic mass is 32.1. The number of nitrogens with zero attached hydrogens (tertiary/aromatic N) is 1.